The molecule has 96 valence electrons. The summed E-state index contributed by atoms with van der Waals surface area (Å²) in [6, 6.07) is 2.68. The third kappa shape index (κ3) is 3.46. The van der Waals surface area contributed by atoms with Crippen molar-refractivity contribution in [1.29, 1.82) is 0 Å². The minimum absolute atomic E-state index is 0.672. The van der Waals surface area contributed by atoms with Crippen LogP contribution in [0.5, 0.6) is 5.88 Å². The molecule has 1 aliphatic carbocycles. The van der Waals surface area contributed by atoms with Crippen molar-refractivity contribution in [2.24, 2.45) is 7.05 Å². The van der Waals surface area contributed by atoms with Gasteiger partial charge in [-0.05, 0) is 12.8 Å². The molecule has 1 saturated carbocycles. The molecule has 0 atom stereocenters. The Kier molecular flexibility index (Phi) is 4.42. The van der Waals surface area contributed by atoms with Crippen LogP contribution in [0.15, 0.2) is 6.07 Å². The molecule has 4 heteroatoms. The SMILES string of the molecule is COc1cc(CNC2CCCCCC2)nn1C. The van der Waals surface area contributed by atoms with Crippen molar-refractivity contribution < 1.29 is 4.74 Å². The second-order valence-corrected chi connectivity index (χ2v) is 4.87. The summed E-state index contributed by atoms with van der Waals surface area (Å²) < 4.78 is 6.99. The van der Waals surface area contributed by atoms with E-state index in [9.17, 15) is 0 Å². The molecule has 1 N–H and O–H groups in total. The predicted octanol–water partition coefficient (Wildman–Crippen LogP) is 2.24. The van der Waals surface area contributed by atoms with E-state index in [1.807, 2.05) is 13.1 Å². The van der Waals surface area contributed by atoms with Crippen LogP contribution >= 0.6 is 0 Å². The molecule has 1 aromatic heterocycles. The van der Waals surface area contributed by atoms with Crippen LogP contribution in [0.4, 0.5) is 0 Å². The molecule has 2 rings (SSSR count). The highest BCUT2D eigenvalue weighted by atomic mass is 16.5. The molecule has 1 heterocycles. The van der Waals surface area contributed by atoms with Gasteiger partial charge in [-0.25, -0.2) is 4.68 Å². The van der Waals surface area contributed by atoms with Crippen LogP contribution in [-0.4, -0.2) is 22.9 Å². The Labute approximate surface area is 103 Å². The fraction of sp³-hybridized carbons (Fsp3) is 0.769. The van der Waals surface area contributed by atoms with Gasteiger partial charge in [0.25, 0.3) is 0 Å². The number of aryl methyl sites for hydroxylation is 1. The maximum Gasteiger partial charge on any atom is 0.211 e. The monoisotopic (exact) mass is 237 g/mol. The van der Waals surface area contributed by atoms with Crippen molar-refractivity contribution in [2.45, 2.75) is 51.1 Å². The first-order chi connectivity index (χ1) is 8.29. The van der Waals surface area contributed by atoms with Gasteiger partial charge in [0.15, 0.2) is 0 Å². The lowest BCUT2D eigenvalue weighted by Gasteiger charge is -2.14. The maximum absolute atomic E-state index is 5.21. The number of nitrogens with zero attached hydrogens (tertiary/aromatic N) is 2. The van der Waals surface area contributed by atoms with E-state index in [4.69, 9.17) is 4.74 Å². The van der Waals surface area contributed by atoms with Gasteiger partial charge in [0.1, 0.15) is 0 Å². The molecule has 0 aliphatic heterocycles. The highest BCUT2D eigenvalue weighted by Crippen LogP contribution is 2.18. The molecule has 17 heavy (non-hydrogen) atoms. The molecule has 0 amide bonds. The number of aromatic nitrogens is 2. The Bertz CT molecular complexity index is 340. The first-order valence-corrected chi connectivity index (χ1v) is 6.60. The first-order valence-electron chi connectivity index (χ1n) is 6.60. The standard InChI is InChI=1S/C13H23N3O/c1-16-13(17-2)9-12(15-16)10-14-11-7-5-3-4-6-8-11/h9,11,14H,3-8,10H2,1-2H3. The van der Waals surface area contributed by atoms with Gasteiger partial charge in [-0.1, -0.05) is 25.7 Å². The van der Waals surface area contributed by atoms with E-state index in [1.54, 1.807) is 11.8 Å². The zero-order valence-electron chi connectivity index (χ0n) is 10.9. The molecule has 0 bridgehead atoms. The zero-order valence-corrected chi connectivity index (χ0v) is 10.9. The minimum Gasteiger partial charge on any atom is -0.481 e. The Balaban J connectivity index is 1.83. The van der Waals surface area contributed by atoms with Crippen molar-refractivity contribution in [1.82, 2.24) is 15.1 Å². The first kappa shape index (κ1) is 12.4. The van der Waals surface area contributed by atoms with Gasteiger partial charge in [0.2, 0.25) is 5.88 Å². The molecule has 1 aromatic rings. The van der Waals surface area contributed by atoms with Crippen LogP contribution < -0.4 is 10.1 Å². The number of hydrogen-bond acceptors (Lipinski definition) is 3. The smallest absolute Gasteiger partial charge is 0.211 e. The van der Waals surface area contributed by atoms with Crippen LogP contribution in [0.2, 0.25) is 0 Å². The van der Waals surface area contributed by atoms with Gasteiger partial charge >= 0.3 is 0 Å². The molecular formula is C13H23N3O. The van der Waals surface area contributed by atoms with Gasteiger partial charge in [-0.2, -0.15) is 5.10 Å². The van der Waals surface area contributed by atoms with Crippen LogP contribution in [0, 0.1) is 0 Å². The maximum atomic E-state index is 5.21. The third-order valence-electron chi connectivity index (χ3n) is 3.52. The molecule has 1 aliphatic rings. The number of rotatable bonds is 4. The van der Waals surface area contributed by atoms with Gasteiger partial charge in [0.05, 0.1) is 12.8 Å². The molecule has 0 spiro atoms. The third-order valence-corrected chi connectivity index (χ3v) is 3.52. The Morgan fingerprint density at radius 3 is 2.65 bits per heavy atom. The van der Waals surface area contributed by atoms with Gasteiger partial charge in [-0.3, -0.25) is 0 Å². The van der Waals surface area contributed by atoms with Gasteiger partial charge in [-0.15, -0.1) is 0 Å². The second-order valence-electron chi connectivity index (χ2n) is 4.87. The summed E-state index contributed by atoms with van der Waals surface area (Å²) in [6.07, 6.45) is 8.14. The van der Waals surface area contributed by atoms with Crippen molar-refractivity contribution in [3.05, 3.63) is 11.8 Å². The lowest BCUT2D eigenvalue weighted by Crippen LogP contribution is -2.28. The highest BCUT2D eigenvalue weighted by Gasteiger charge is 2.12. The van der Waals surface area contributed by atoms with Gasteiger partial charge < -0.3 is 10.1 Å². The van der Waals surface area contributed by atoms with E-state index in [0.29, 0.717) is 6.04 Å². The fourth-order valence-corrected chi connectivity index (χ4v) is 2.52. The van der Waals surface area contributed by atoms with Gasteiger partial charge in [0, 0.05) is 25.7 Å². The summed E-state index contributed by atoms with van der Waals surface area (Å²) in [5, 5.41) is 8.03. The Morgan fingerprint density at radius 2 is 2.06 bits per heavy atom. The Hall–Kier alpha value is -1.03. The lowest BCUT2D eigenvalue weighted by atomic mass is 10.1. The van der Waals surface area contributed by atoms with Crippen LogP contribution in [0.3, 0.4) is 0 Å². The average molecular weight is 237 g/mol. The minimum atomic E-state index is 0.672. The number of ether oxygens (including phenoxy) is 1. The van der Waals surface area contributed by atoms with E-state index in [2.05, 4.69) is 10.4 Å². The highest BCUT2D eigenvalue weighted by molar-refractivity contribution is 5.15. The van der Waals surface area contributed by atoms with Crippen molar-refractivity contribution >= 4 is 0 Å². The average Bonchev–Trinajstić information content (AvgIpc) is 2.55. The summed E-state index contributed by atoms with van der Waals surface area (Å²) in [5.74, 6) is 0.822. The summed E-state index contributed by atoms with van der Waals surface area (Å²) in [5.41, 5.74) is 1.06. The molecule has 0 aromatic carbocycles. The summed E-state index contributed by atoms with van der Waals surface area (Å²) >= 11 is 0. The molecular weight excluding hydrogens is 214 g/mol. The van der Waals surface area contributed by atoms with Crippen molar-refractivity contribution in [3.63, 3.8) is 0 Å². The molecule has 4 nitrogen and oxygen atoms in total. The van der Waals surface area contributed by atoms with E-state index in [-0.39, 0.29) is 0 Å². The lowest BCUT2D eigenvalue weighted by molar-refractivity contribution is 0.373. The zero-order chi connectivity index (χ0) is 12.1. The van der Waals surface area contributed by atoms with E-state index in [1.165, 1.54) is 38.5 Å². The molecule has 1 fully saturated rings. The number of nitrogens with one attached hydrogen (secondary N) is 1. The summed E-state index contributed by atoms with van der Waals surface area (Å²) in [7, 11) is 3.59. The summed E-state index contributed by atoms with van der Waals surface area (Å²) in [6.45, 7) is 0.849. The van der Waals surface area contributed by atoms with Crippen LogP contribution in [0.1, 0.15) is 44.2 Å². The fourth-order valence-electron chi connectivity index (χ4n) is 2.52. The quantitative estimate of drug-likeness (QED) is 0.816. The second kappa shape index (κ2) is 6.05. The normalized spacial score (nSPS) is 18.0. The van der Waals surface area contributed by atoms with E-state index < -0.39 is 0 Å². The van der Waals surface area contributed by atoms with Crippen LogP contribution in [-0.2, 0) is 13.6 Å². The molecule has 0 radical (unpaired) electrons. The topological polar surface area (TPSA) is 39.1 Å². The number of hydrogen-bond donors (Lipinski definition) is 1. The van der Waals surface area contributed by atoms with Crippen molar-refractivity contribution in [3.8, 4) is 5.88 Å². The molecule has 0 unspecified atom stereocenters. The largest absolute Gasteiger partial charge is 0.481 e. The van der Waals surface area contributed by atoms with E-state index >= 15 is 0 Å². The Morgan fingerprint density at radius 1 is 1.35 bits per heavy atom. The van der Waals surface area contributed by atoms with E-state index in [0.717, 1.165) is 18.1 Å². The molecule has 0 saturated heterocycles. The number of methoxy groups -OCH3 is 1. The predicted molar refractivity (Wildman–Crippen MR) is 68.1 cm³/mol. The van der Waals surface area contributed by atoms with Crippen molar-refractivity contribution in [2.75, 3.05) is 7.11 Å². The summed E-state index contributed by atoms with van der Waals surface area (Å²) in [4.78, 5) is 0. The van der Waals surface area contributed by atoms with Crippen LogP contribution in [0.25, 0.3) is 0 Å².